The fourth-order valence-corrected chi connectivity index (χ4v) is 3.65. The van der Waals surface area contributed by atoms with E-state index in [9.17, 15) is 9.90 Å². The Morgan fingerprint density at radius 2 is 1.90 bits per heavy atom. The van der Waals surface area contributed by atoms with Gasteiger partial charge < -0.3 is 15.7 Å². The van der Waals surface area contributed by atoms with Crippen LogP contribution in [0.4, 0.5) is 0 Å². The number of rotatable bonds is 3. The third kappa shape index (κ3) is 2.91. The first-order valence-electron chi connectivity index (χ1n) is 6.42. The van der Waals surface area contributed by atoms with Crippen molar-refractivity contribution < 1.29 is 9.90 Å². The lowest BCUT2D eigenvalue weighted by Crippen LogP contribution is -2.50. The highest BCUT2D eigenvalue weighted by atomic mass is 32.2. The van der Waals surface area contributed by atoms with Gasteiger partial charge in [0.15, 0.2) is 0 Å². The molecule has 1 amide bonds. The molecule has 1 heterocycles. The predicted molar refractivity (Wildman–Crippen MR) is 86.3 cm³/mol. The van der Waals surface area contributed by atoms with E-state index in [1.165, 1.54) is 12.1 Å². The largest absolute Gasteiger partial charge is 0.508 e. The molecule has 3 N–H and O–H groups in total. The number of phenolic OH excluding ortho intramolecular Hbond substituents is 1. The first kappa shape index (κ1) is 15.1. The van der Waals surface area contributed by atoms with Crippen LogP contribution >= 0.6 is 24.0 Å². The fourth-order valence-electron chi connectivity index (χ4n) is 2.41. The number of nitrogens with zero attached hydrogens (tertiary/aromatic N) is 1. The average Bonchev–Trinajstić information content (AvgIpc) is 2.47. The number of thioether (sulfide) groups is 1. The molecule has 20 heavy (non-hydrogen) atoms. The van der Waals surface area contributed by atoms with E-state index in [0.29, 0.717) is 23.6 Å². The van der Waals surface area contributed by atoms with Gasteiger partial charge in [-0.15, -0.1) is 0 Å². The molecule has 1 aliphatic rings. The third-order valence-corrected chi connectivity index (χ3v) is 5.74. The summed E-state index contributed by atoms with van der Waals surface area (Å²) in [6, 6.07) is 6.33. The molecule has 0 saturated carbocycles. The van der Waals surface area contributed by atoms with Gasteiger partial charge in [0.2, 0.25) is 0 Å². The fraction of sp³-hybridized carbons (Fsp3) is 0.429. The number of carbonyl (C=O) groups is 1. The van der Waals surface area contributed by atoms with Gasteiger partial charge in [0.25, 0.3) is 5.91 Å². The number of phenols is 1. The van der Waals surface area contributed by atoms with Gasteiger partial charge in [-0.05, 0) is 43.4 Å². The number of thiocarbonyl (C=S) groups is 1. The topological polar surface area (TPSA) is 66.6 Å². The Kier molecular flexibility index (Phi) is 4.55. The molecule has 0 aromatic heterocycles. The number of aromatic hydroxyl groups is 1. The summed E-state index contributed by atoms with van der Waals surface area (Å²) >= 11 is 6.84. The first-order valence-corrected chi connectivity index (χ1v) is 8.05. The predicted octanol–water partition coefficient (Wildman–Crippen LogP) is 2.02. The van der Waals surface area contributed by atoms with Crippen molar-refractivity contribution in [2.24, 2.45) is 5.73 Å². The lowest BCUT2D eigenvalue weighted by molar-refractivity contribution is 0.0719. The van der Waals surface area contributed by atoms with Crippen molar-refractivity contribution in [2.75, 3.05) is 19.3 Å². The Bertz CT molecular complexity index is 508. The summed E-state index contributed by atoms with van der Waals surface area (Å²) in [5.41, 5.74) is 6.43. The number of likely N-dealkylation sites (tertiary alicyclic amines) is 1. The van der Waals surface area contributed by atoms with Gasteiger partial charge in [0, 0.05) is 18.7 Å². The van der Waals surface area contributed by atoms with E-state index in [1.54, 1.807) is 23.9 Å². The van der Waals surface area contributed by atoms with Gasteiger partial charge in [0.1, 0.15) is 5.75 Å². The van der Waals surface area contributed by atoms with Gasteiger partial charge in [-0.2, -0.15) is 11.8 Å². The molecule has 0 aliphatic carbocycles. The Morgan fingerprint density at radius 1 is 1.35 bits per heavy atom. The molecule has 1 saturated heterocycles. The third-order valence-electron chi connectivity index (χ3n) is 3.81. The molecule has 0 unspecified atom stereocenters. The van der Waals surface area contributed by atoms with Gasteiger partial charge in [-0.25, -0.2) is 0 Å². The van der Waals surface area contributed by atoms with Crippen molar-refractivity contribution in [3.05, 3.63) is 29.8 Å². The number of amides is 1. The second-order valence-corrected chi connectivity index (χ2v) is 6.53. The molecule has 0 spiro atoms. The van der Waals surface area contributed by atoms with Crippen LogP contribution < -0.4 is 5.73 Å². The highest BCUT2D eigenvalue weighted by Gasteiger charge is 2.37. The average molecular weight is 310 g/mol. The van der Waals surface area contributed by atoms with Crippen molar-refractivity contribution in [2.45, 2.75) is 17.6 Å². The van der Waals surface area contributed by atoms with E-state index < -0.39 is 0 Å². The zero-order valence-corrected chi connectivity index (χ0v) is 13.0. The number of nitrogens with two attached hydrogens (primary N) is 1. The van der Waals surface area contributed by atoms with Gasteiger partial charge in [-0.1, -0.05) is 12.2 Å². The summed E-state index contributed by atoms with van der Waals surface area (Å²) in [6.45, 7) is 1.30. The highest BCUT2D eigenvalue weighted by molar-refractivity contribution is 8.02. The normalized spacial score (nSPS) is 17.8. The zero-order chi connectivity index (χ0) is 14.8. The van der Waals surface area contributed by atoms with Crippen molar-refractivity contribution in [1.29, 1.82) is 0 Å². The van der Waals surface area contributed by atoms with Crippen molar-refractivity contribution in [3.63, 3.8) is 0 Å². The maximum Gasteiger partial charge on any atom is 0.253 e. The molecule has 1 fully saturated rings. The lowest BCUT2D eigenvalue weighted by Gasteiger charge is -2.40. The Labute approximate surface area is 128 Å². The summed E-state index contributed by atoms with van der Waals surface area (Å²) in [6.07, 6.45) is 3.58. The van der Waals surface area contributed by atoms with E-state index in [2.05, 4.69) is 0 Å². The molecular formula is C14H18N2O2S2. The van der Waals surface area contributed by atoms with Crippen LogP contribution in [0.5, 0.6) is 5.75 Å². The summed E-state index contributed by atoms with van der Waals surface area (Å²) in [5, 5.41) is 9.25. The van der Waals surface area contributed by atoms with Gasteiger partial charge in [-0.3, -0.25) is 4.79 Å². The van der Waals surface area contributed by atoms with Crippen LogP contribution in [0.3, 0.4) is 0 Å². The van der Waals surface area contributed by atoms with Crippen LogP contribution in [0, 0.1) is 0 Å². The van der Waals surface area contributed by atoms with Gasteiger partial charge in [0.05, 0.1) is 9.74 Å². The molecule has 0 bridgehead atoms. The van der Waals surface area contributed by atoms with Crippen LogP contribution in [0.2, 0.25) is 0 Å². The maximum absolute atomic E-state index is 12.4. The Hall–Kier alpha value is -1.27. The molecule has 4 nitrogen and oxygen atoms in total. The van der Waals surface area contributed by atoms with Crippen molar-refractivity contribution in [1.82, 2.24) is 4.90 Å². The van der Waals surface area contributed by atoms with E-state index in [-0.39, 0.29) is 16.4 Å². The highest BCUT2D eigenvalue weighted by Crippen LogP contribution is 2.35. The smallest absolute Gasteiger partial charge is 0.253 e. The summed E-state index contributed by atoms with van der Waals surface area (Å²) in [7, 11) is 0. The van der Waals surface area contributed by atoms with Crippen LogP contribution in [-0.2, 0) is 0 Å². The number of benzene rings is 1. The first-order chi connectivity index (χ1) is 9.48. The van der Waals surface area contributed by atoms with Crippen molar-refractivity contribution >= 4 is 34.9 Å². The maximum atomic E-state index is 12.4. The van der Waals surface area contributed by atoms with E-state index in [0.717, 1.165) is 12.8 Å². The summed E-state index contributed by atoms with van der Waals surface area (Å²) in [4.78, 5) is 14.7. The Morgan fingerprint density at radius 3 is 2.35 bits per heavy atom. The number of hydrogen-bond donors (Lipinski definition) is 2. The van der Waals surface area contributed by atoms with Crippen molar-refractivity contribution in [3.8, 4) is 5.75 Å². The summed E-state index contributed by atoms with van der Waals surface area (Å²) < 4.78 is -0.179. The molecule has 2 rings (SSSR count). The van der Waals surface area contributed by atoms with Crippen LogP contribution in [0.25, 0.3) is 0 Å². The van der Waals surface area contributed by atoms with E-state index in [4.69, 9.17) is 18.0 Å². The standard InChI is InChI=1S/C14H18N2O2S2/c1-20-14(13(15)19)6-8-16(9-7-14)12(18)10-2-4-11(17)5-3-10/h2-5,17H,6-9H2,1H3,(H2,15,19). The number of carbonyl (C=O) groups excluding carboxylic acids is 1. The monoisotopic (exact) mass is 310 g/mol. The molecule has 0 atom stereocenters. The second kappa shape index (κ2) is 6.01. The van der Waals surface area contributed by atoms with Crippen LogP contribution in [0.15, 0.2) is 24.3 Å². The molecule has 1 aromatic rings. The van der Waals surface area contributed by atoms with Crippen LogP contribution in [0.1, 0.15) is 23.2 Å². The SMILES string of the molecule is CSC1(C(N)=S)CCN(C(=O)c2ccc(O)cc2)CC1. The minimum atomic E-state index is -0.179. The summed E-state index contributed by atoms with van der Waals surface area (Å²) in [5.74, 6) is 0.151. The minimum absolute atomic E-state index is 0.0114. The van der Waals surface area contributed by atoms with E-state index in [1.807, 2.05) is 11.2 Å². The van der Waals surface area contributed by atoms with Crippen LogP contribution in [-0.4, -0.2) is 45.0 Å². The quantitative estimate of drug-likeness (QED) is 0.836. The molecule has 1 aliphatic heterocycles. The molecular weight excluding hydrogens is 292 g/mol. The number of hydrogen-bond acceptors (Lipinski definition) is 4. The molecule has 6 heteroatoms. The van der Waals surface area contributed by atoms with E-state index >= 15 is 0 Å². The minimum Gasteiger partial charge on any atom is -0.508 e. The second-order valence-electron chi connectivity index (χ2n) is 4.90. The Balaban J connectivity index is 2.05. The molecule has 1 aromatic carbocycles. The zero-order valence-electron chi connectivity index (χ0n) is 11.3. The number of piperidine rings is 1. The lowest BCUT2D eigenvalue weighted by atomic mass is 9.95. The molecule has 0 radical (unpaired) electrons. The molecule has 108 valence electrons. The van der Waals surface area contributed by atoms with Gasteiger partial charge >= 0.3 is 0 Å².